The molecule has 1 amide bonds. The first kappa shape index (κ1) is 16.5. The minimum absolute atomic E-state index is 0.0295. The van der Waals surface area contributed by atoms with E-state index in [4.69, 9.17) is 5.73 Å². The van der Waals surface area contributed by atoms with Crippen LogP contribution in [0.3, 0.4) is 0 Å². The molecule has 1 rings (SSSR count). The fourth-order valence-corrected chi connectivity index (χ4v) is 1.79. The fraction of sp³-hybridized carbons (Fsp3) is 0.500. The van der Waals surface area contributed by atoms with E-state index >= 15 is 0 Å². The number of alkyl halides is 3. The Balaban J connectivity index is 2.74. The normalized spacial score (nSPS) is 12.3. The number of hydrogen-bond donors (Lipinski definition) is 2. The van der Waals surface area contributed by atoms with Crippen molar-refractivity contribution in [2.24, 2.45) is 5.73 Å². The third-order valence-corrected chi connectivity index (χ3v) is 3.42. The summed E-state index contributed by atoms with van der Waals surface area (Å²) >= 11 is 0. The third-order valence-electron chi connectivity index (χ3n) is 3.42. The van der Waals surface area contributed by atoms with Gasteiger partial charge in [0.1, 0.15) is 0 Å². The second-order valence-electron chi connectivity index (χ2n) is 4.74. The first-order valence-electron chi connectivity index (χ1n) is 6.46. The zero-order chi connectivity index (χ0) is 15.4. The molecular formula is C14H19F3N2O. The second-order valence-corrected chi connectivity index (χ2v) is 4.74. The van der Waals surface area contributed by atoms with Crippen LogP contribution in [-0.4, -0.2) is 11.4 Å². The van der Waals surface area contributed by atoms with Gasteiger partial charge in [-0.2, -0.15) is 13.2 Å². The Morgan fingerprint density at radius 3 is 2.35 bits per heavy atom. The van der Waals surface area contributed by atoms with Crippen molar-refractivity contribution in [2.75, 3.05) is 0 Å². The van der Waals surface area contributed by atoms with Crippen molar-refractivity contribution in [1.82, 2.24) is 5.32 Å². The van der Waals surface area contributed by atoms with E-state index in [0.29, 0.717) is 18.4 Å². The largest absolute Gasteiger partial charge is 0.416 e. The zero-order valence-corrected chi connectivity index (χ0v) is 11.6. The number of hydrogen-bond acceptors (Lipinski definition) is 2. The molecule has 0 heterocycles. The number of amides is 1. The molecule has 0 radical (unpaired) electrons. The number of halogens is 3. The highest BCUT2D eigenvalue weighted by Gasteiger charge is 2.31. The summed E-state index contributed by atoms with van der Waals surface area (Å²) < 4.78 is 37.7. The van der Waals surface area contributed by atoms with E-state index in [9.17, 15) is 18.0 Å². The van der Waals surface area contributed by atoms with Gasteiger partial charge in [0.25, 0.3) is 0 Å². The van der Waals surface area contributed by atoms with E-state index < -0.39 is 17.3 Å². The molecular weight excluding hydrogens is 269 g/mol. The molecule has 112 valence electrons. The van der Waals surface area contributed by atoms with Gasteiger partial charge in [0.15, 0.2) is 0 Å². The Labute approximate surface area is 116 Å². The van der Waals surface area contributed by atoms with Crippen molar-refractivity contribution in [3.05, 3.63) is 35.4 Å². The topological polar surface area (TPSA) is 55.1 Å². The second kappa shape index (κ2) is 6.26. The summed E-state index contributed by atoms with van der Waals surface area (Å²) in [7, 11) is 0. The molecule has 0 aromatic heterocycles. The van der Waals surface area contributed by atoms with Gasteiger partial charge >= 0.3 is 6.18 Å². The van der Waals surface area contributed by atoms with Gasteiger partial charge in [0, 0.05) is 6.54 Å². The van der Waals surface area contributed by atoms with Crippen LogP contribution in [0.25, 0.3) is 0 Å². The van der Waals surface area contributed by atoms with Crippen molar-refractivity contribution in [3.8, 4) is 0 Å². The van der Waals surface area contributed by atoms with Gasteiger partial charge in [-0.15, -0.1) is 0 Å². The van der Waals surface area contributed by atoms with Crippen LogP contribution in [0, 0.1) is 0 Å². The van der Waals surface area contributed by atoms with Crippen LogP contribution in [0.5, 0.6) is 0 Å². The Hall–Kier alpha value is -1.56. The van der Waals surface area contributed by atoms with E-state index in [-0.39, 0.29) is 12.5 Å². The highest BCUT2D eigenvalue weighted by atomic mass is 19.4. The summed E-state index contributed by atoms with van der Waals surface area (Å²) in [4.78, 5) is 11.9. The van der Waals surface area contributed by atoms with E-state index in [1.54, 1.807) is 13.8 Å². The van der Waals surface area contributed by atoms with Gasteiger partial charge in [-0.3, -0.25) is 4.79 Å². The molecule has 0 fully saturated rings. The van der Waals surface area contributed by atoms with Crippen molar-refractivity contribution in [1.29, 1.82) is 0 Å². The number of benzene rings is 1. The van der Waals surface area contributed by atoms with Crippen LogP contribution in [0.1, 0.15) is 37.8 Å². The van der Waals surface area contributed by atoms with Crippen molar-refractivity contribution in [2.45, 2.75) is 44.9 Å². The van der Waals surface area contributed by atoms with E-state index in [2.05, 4.69) is 5.32 Å². The first-order chi connectivity index (χ1) is 9.23. The van der Waals surface area contributed by atoms with Gasteiger partial charge in [-0.25, -0.2) is 0 Å². The Morgan fingerprint density at radius 2 is 1.85 bits per heavy atom. The highest BCUT2D eigenvalue weighted by molar-refractivity contribution is 5.85. The van der Waals surface area contributed by atoms with Gasteiger partial charge in [-0.05, 0) is 30.5 Å². The monoisotopic (exact) mass is 288 g/mol. The average Bonchev–Trinajstić information content (AvgIpc) is 2.43. The number of nitrogens with one attached hydrogen (secondary N) is 1. The average molecular weight is 288 g/mol. The number of carbonyl (C=O) groups excluding carboxylic acids is 1. The molecule has 3 N–H and O–H groups in total. The maximum absolute atomic E-state index is 12.6. The quantitative estimate of drug-likeness (QED) is 0.875. The Kier molecular flexibility index (Phi) is 5.16. The van der Waals surface area contributed by atoms with E-state index in [0.717, 1.165) is 12.1 Å². The molecule has 0 atom stereocenters. The van der Waals surface area contributed by atoms with E-state index in [1.807, 2.05) is 0 Å². The van der Waals surface area contributed by atoms with Crippen molar-refractivity contribution < 1.29 is 18.0 Å². The molecule has 0 bridgehead atoms. The standard InChI is InChI=1S/C14H19F3N2O/c1-3-13(18,4-2)12(20)19-9-10-6-5-7-11(8-10)14(15,16)17/h5-8H,3-4,9,18H2,1-2H3,(H,19,20). The summed E-state index contributed by atoms with van der Waals surface area (Å²) in [5, 5.41) is 2.59. The van der Waals surface area contributed by atoms with Crippen molar-refractivity contribution in [3.63, 3.8) is 0 Å². The summed E-state index contributed by atoms with van der Waals surface area (Å²) in [6.07, 6.45) is -3.44. The van der Waals surface area contributed by atoms with Crippen molar-refractivity contribution >= 4 is 5.91 Å². The van der Waals surface area contributed by atoms with Crippen LogP contribution >= 0.6 is 0 Å². The lowest BCUT2D eigenvalue weighted by Gasteiger charge is -2.25. The predicted molar refractivity (Wildman–Crippen MR) is 70.8 cm³/mol. The molecule has 0 unspecified atom stereocenters. The molecule has 6 heteroatoms. The van der Waals surface area contributed by atoms with Gasteiger partial charge in [-0.1, -0.05) is 26.0 Å². The lowest BCUT2D eigenvalue weighted by molar-refractivity contribution is -0.137. The molecule has 1 aromatic rings. The van der Waals surface area contributed by atoms with Gasteiger partial charge in [0.2, 0.25) is 5.91 Å². The van der Waals surface area contributed by atoms with Crippen LogP contribution in [-0.2, 0) is 17.5 Å². The van der Waals surface area contributed by atoms with Gasteiger partial charge in [0.05, 0.1) is 11.1 Å². The first-order valence-corrected chi connectivity index (χ1v) is 6.46. The molecule has 0 saturated heterocycles. The molecule has 1 aromatic carbocycles. The molecule has 0 aliphatic heterocycles. The molecule has 20 heavy (non-hydrogen) atoms. The maximum atomic E-state index is 12.6. The third kappa shape index (κ3) is 3.96. The molecule has 0 aliphatic rings. The lowest BCUT2D eigenvalue weighted by atomic mass is 9.93. The SMILES string of the molecule is CCC(N)(CC)C(=O)NCc1cccc(C(F)(F)F)c1. The Morgan fingerprint density at radius 1 is 1.25 bits per heavy atom. The lowest BCUT2D eigenvalue weighted by Crippen LogP contribution is -2.52. The van der Waals surface area contributed by atoms with Crippen LogP contribution in [0.2, 0.25) is 0 Å². The minimum atomic E-state index is -4.38. The summed E-state index contributed by atoms with van der Waals surface area (Å²) in [5.41, 5.74) is 4.60. The molecule has 0 spiro atoms. The summed E-state index contributed by atoms with van der Waals surface area (Å²) in [5.74, 6) is -0.347. The van der Waals surface area contributed by atoms with Gasteiger partial charge < -0.3 is 11.1 Å². The van der Waals surface area contributed by atoms with Crippen LogP contribution in [0.4, 0.5) is 13.2 Å². The van der Waals surface area contributed by atoms with Crippen LogP contribution in [0.15, 0.2) is 24.3 Å². The Bertz CT molecular complexity index is 468. The zero-order valence-electron chi connectivity index (χ0n) is 11.6. The minimum Gasteiger partial charge on any atom is -0.350 e. The number of carbonyl (C=O) groups is 1. The highest BCUT2D eigenvalue weighted by Crippen LogP contribution is 2.29. The predicted octanol–water partition coefficient (Wildman–Crippen LogP) is 2.84. The molecule has 3 nitrogen and oxygen atoms in total. The smallest absolute Gasteiger partial charge is 0.350 e. The summed E-state index contributed by atoms with van der Waals surface area (Å²) in [6.45, 7) is 3.63. The van der Waals surface area contributed by atoms with Crippen LogP contribution < -0.4 is 11.1 Å². The molecule has 0 saturated carbocycles. The number of rotatable bonds is 5. The van der Waals surface area contributed by atoms with E-state index in [1.165, 1.54) is 12.1 Å². The number of nitrogens with two attached hydrogens (primary N) is 1. The summed E-state index contributed by atoms with van der Waals surface area (Å²) in [6, 6.07) is 4.87. The molecule has 0 aliphatic carbocycles. The maximum Gasteiger partial charge on any atom is 0.416 e. The fourth-order valence-electron chi connectivity index (χ4n) is 1.79.